The summed E-state index contributed by atoms with van der Waals surface area (Å²) in [5.74, 6) is 1.51. The van der Waals surface area contributed by atoms with Crippen LogP contribution in [0.2, 0.25) is 0 Å². The van der Waals surface area contributed by atoms with E-state index in [1.165, 1.54) is 5.57 Å². The van der Waals surface area contributed by atoms with Gasteiger partial charge >= 0.3 is 0 Å². The number of aliphatic hydroxyl groups excluding tert-OH is 2. The van der Waals surface area contributed by atoms with Crippen LogP contribution in [0.25, 0.3) is 0 Å². The molecule has 3 aliphatic carbocycles. The molecule has 22 heavy (non-hydrogen) atoms. The molecule has 0 radical (unpaired) electrons. The van der Waals surface area contributed by atoms with Crippen LogP contribution in [0, 0.1) is 22.7 Å². The van der Waals surface area contributed by atoms with Crippen molar-refractivity contribution in [3.05, 3.63) is 11.1 Å². The van der Waals surface area contributed by atoms with E-state index in [1.807, 2.05) is 6.92 Å². The fraction of sp³-hybridized carbons (Fsp3) is 0.842. The Bertz CT molecular complexity index is 509. The number of rotatable bonds is 2. The van der Waals surface area contributed by atoms with Crippen molar-refractivity contribution in [3.63, 3.8) is 0 Å². The first-order valence-corrected chi connectivity index (χ1v) is 8.83. The van der Waals surface area contributed by atoms with E-state index in [4.69, 9.17) is 0 Å². The Labute approximate surface area is 133 Å². The molecule has 0 aromatic rings. The molecule has 5 unspecified atom stereocenters. The van der Waals surface area contributed by atoms with Gasteiger partial charge in [0.25, 0.3) is 0 Å². The predicted molar refractivity (Wildman–Crippen MR) is 86.3 cm³/mol. The van der Waals surface area contributed by atoms with Gasteiger partial charge in [0.1, 0.15) is 0 Å². The summed E-state index contributed by atoms with van der Waals surface area (Å²) in [6, 6.07) is 0. The molecule has 124 valence electrons. The smallest absolute Gasteiger partial charge is 0.158 e. The van der Waals surface area contributed by atoms with Crippen LogP contribution in [0.1, 0.15) is 65.7 Å². The van der Waals surface area contributed by atoms with E-state index in [1.54, 1.807) is 0 Å². The average molecular weight is 306 g/mol. The quantitative estimate of drug-likeness (QED) is 0.823. The van der Waals surface area contributed by atoms with Crippen molar-refractivity contribution in [2.45, 2.75) is 71.8 Å². The van der Waals surface area contributed by atoms with Crippen LogP contribution < -0.4 is 0 Å². The lowest BCUT2D eigenvalue weighted by Crippen LogP contribution is -2.51. The molecule has 0 bridgehead atoms. The molecular weight excluding hydrogens is 276 g/mol. The molecule has 0 spiro atoms. The fourth-order valence-electron chi connectivity index (χ4n) is 5.57. The summed E-state index contributed by atoms with van der Waals surface area (Å²) >= 11 is 0. The average Bonchev–Trinajstić information content (AvgIpc) is 2.50. The molecule has 0 aliphatic heterocycles. The molecule has 0 aromatic heterocycles. The standard InChI is InChI=1S/C19H30O3/c1-12-14-5-4-13-10-18(2,17(22)11-20)8-9-19(13,3)15(14)6-7-16(12)21/h13,15,17,20,22H,4-11H2,1-3H3. The number of ketones is 1. The molecule has 3 aliphatic rings. The minimum absolute atomic E-state index is 0.137. The van der Waals surface area contributed by atoms with Gasteiger partial charge in [-0.1, -0.05) is 19.4 Å². The van der Waals surface area contributed by atoms with Crippen molar-refractivity contribution in [1.82, 2.24) is 0 Å². The van der Waals surface area contributed by atoms with Gasteiger partial charge in [-0.3, -0.25) is 4.79 Å². The van der Waals surface area contributed by atoms with Gasteiger partial charge in [0.15, 0.2) is 5.78 Å². The summed E-state index contributed by atoms with van der Waals surface area (Å²) in [7, 11) is 0. The second-order valence-electron chi connectivity index (χ2n) is 8.46. The van der Waals surface area contributed by atoms with Gasteiger partial charge in [-0.15, -0.1) is 0 Å². The number of allylic oxidation sites excluding steroid dienone is 2. The summed E-state index contributed by atoms with van der Waals surface area (Å²) in [4.78, 5) is 12.0. The van der Waals surface area contributed by atoms with E-state index in [9.17, 15) is 15.0 Å². The monoisotopic (exact) mass is 306 g/mol. The number of carbonyl (C=O) groups excluding carboxylic acids is 1. The highest BCUT2D eigenvalue weighted by molar-refractivity contribution is 5.96. The summed E-state index contributed by atoms with van der Waals surface area (Å²) < 4.78 is 0. The fourth-order valence-corrected chi connectivity index (χ4v) is 5.57. The molecule has 2 fully saturated rings. The van der Waals surface area contributed by atoms with E-state index in [0.29, 0.717) is 24.0 Å². The van der Waals surface area contributed by atoms with Crippen LogP contribution >= 0.6 is 0 Å². The van der Waals surface area contributed by atoms with E-state index >= 15 is 0 Å². The number of Topliss-reactive ketones (excluding diaryl/α,β-unsaturated/α-hetero) is 1. The minimum Gasteiger partial charge on any atom is -0.394 e. The lowest BCUT2D eigenvalue weighted by molar-refractivity contribution is -0.119. The zero-order valence-corrected chi connectivity index (χ0v) is 14.2. The maximum absolute atomic E-state index is 12.0. The van der Waals surface area contributed by atoms with E-state index in [0.717, 1.165) is 44.1 Å². The third-order valence-corrected chi connectivity index (χ3v) is 7.40. The maximum Gasteiger partial charge on any atom is 0.158 e. The molecule has 0 heterocycles. The predicted octanol–water partition coefficient (Wildman–Crippen LogP) is 3.24. The SMILES string of the molecule is CC1=C2CCC3CC(C)(C(O)CO)CCC3(C)C2CCC1=O. The molecule has 3 rings (SSSR count). The Hall–Kier alpha value is -0.670. The lowest BCUT2D eigenvalue weighted by atomic mass is 9.47. The highest BCUT2D eigenvalue weighted by Crippen LogP contribution is 2.61. The summed E-state index contributed by atoms with van der Waals surface area (Å²) in [5.41, 5.74) is 2.59. The van der Waals surface area contributed by atoms with Crippen molar-refractivity contribution in [2.75, 3.05) is 6.61 Å². The molecule has 0 amide bonds. The summed E-state index contributed by atoms with van der Waals surface area (Å²) in [5, 5.41) is 19.6. The second kappa shape index (κ2) is 5.45. The number of carbonyl (C=O) groups is 1. The summed E-state index contributed by atoms with van der Waals surface area (Å²) in [6.07, 6.45) is 6.36. The van der Waals surface area contributed by atoms with Crippen molar-refractivity contribution < 1.29 is 15.0 Å². The van der Waals surface area contributed by atoms with E-state index < -0.39 is 6.10 Å². The Morgan fingerprint density at radius 2 is 1.95 bits per heavy atom. The number of hydrogen-bond acceptors (Lipinski definition) is 3. The third-order valence-electron chi connectivity index (χ3n) is 7.40. The molecule has 0 saturated heterocycles. The Morgan fingerprint density at radius 3 is 2.64 bits per heavy atom. The van der Waals surface area contributed by atoms with Gasteiger partial charge in [0, 0.05) is 6.42 Å². The minimum atomic E-state index is -0.608. The number of hydrogen-bond donors (Lipinski definition) is 2. The lowest BCUT2D eigenvalue weighted by Gasteiger charge is -2.57. The molecule has 2 saturated carbocycles. The molecule has 2 N–H and O–H groups in total. The van der Waals surface area contributed by atoms with Crippen LogP contribution in [-0.2, 0) is 4.79 Å². The van der Waals surface area contributed by atoms with Crippen LogP contribution in [-0.4, -0.2) is 28.7 Å². The highest BCUT2D eigenvalue weighted by atomic mass is 16.3. The van der Waals surface area contributed by atoms with Gasteiger partial charge in [0.05, 0.1) is 12.7 Å². The maximum atomic E-state index is 12.0. The van der Waals surface area contributed by atoms with Crippen LogP contribution in [0.15, 0.2) is 11.1 Å². The highest BCUT2D eigenvalue weighted by Gasteiger charge is 2.53. The molecule has 0 aromatic carbocycles. The van der Waals surface area contributed by atoms with Crippen LogP contribution in [0.4, 0.5) is 0 Å². The number of aliphatic hydroxyl groups is 2. The number of fused-ring (bicyclic) bond motifs is 3. The van der Waals surface area contributed by atoms with E-state index in [2.05, 4.69) is 13.8 Å². The summed E-state index contributed by atoms with van der Waals surface area (Å²) in [6.45, 7) is 6.43. The van der Waals surface area contributed by atoms with Gasteiger partial charge in [0.2, 0.25) is 0 Å². The molecule has 3 nitrogen and oxygen atoms in total. The van der Waals surface area contributed by atoms with Crippen molar-refractivity contribution in [3.8, 4) is 0 Å². The first-order valence-electron chi connectivity index (χ1n) is 8.83. The molecule has 5 atom stereocenters. The molecular formula is C19H30O3. The van der Waals surface area contributed by atoms with E-state index in [-0.39, 0.29) is 17.4 Å². The van der Waals surface area contributed by atoms with Crippen molar-refractivity contribution >= 4 is 5.78 Å². The first-order chi connectivity index (χ1) is 10.3. The van der Waals surface area contributed by atoms with Crippen molar-refractivity contribution in [1.29, 1.82) is 0 Å². The largest absolute Gasteiger partial charge is 0.394 e. The normalized spacial score (nSPS) is 43.6. The van der Waals surface area contributed by atoms with Gasteiger partial charge in [-0.05, 0) is 73.7 Å². The topological polar surface area (TPSA) is 57.5 Å². The first kappa shape index (κ1) is 16.2. The Morgan fingerprint density at radius 1 is 1.23 bits per heavy atom. The zero-order chi connectivity index (χ0) is 16.1. The zero-order valence-electron chi connectivity index (χ0n) is 14.2. The van der Waals surface area contributed by atoms with Crippen LogP contribution in [0.5, 0.6) is 0 Å². The van der Waals surface area contributed by atoms with Gasteiger partial charge < -0.3 is 10.2 Å². The Kier molecular flexibility index (Phi) is 4.01. The Balaban J connectivity index is 1.88. The van der Waals surface area contributed by atoms with Gasteiger partial charge in [-0.2, -0.15) is 0 Å². The van der Waals surface area contributed by atoms with Gasteiger partial charge in [-0.25, -0.2) is 0 Å². The van der Waals surface area contributed by atoms with Crippen LogP contribution in [0.3, 0.4) is 0 Å². The van der Waals surface area contributed by atoms with Crippen molar-refractivity contribution in [2.24, 2.45) is 22.7 Å². The third kappa shape index (κ3) is 2.28. The second-order valence-corrected chi connectivity index (χ2v) is 8.46. The molecule has 3 heteroatoms.